The Labute approximate surface area is 158 Å². The van der Waals surface area contributed by atoms with Crippen molar-refractivity contribution in [1.29, 1.82) is 0 Å². The molecule has 1 saturated heterocycles. The summed E-state index contributed by atoms with van der Waals surface area (Å²) in [6.45, 7) is 2.61. The third-order valence-corrected chi connectivity index (χ3v) is 4.72. The zero-order valence-electron chi connectivity index (χ0n) is 15.4. The molecule has 1 atom stereocenters. The second-order valence-electron chi connectivity index (χ2n) is 6.35. The maximum atomic E-state index is 12.9. The van der Waals surface area contributed by atoms with Crippen molar-refractivity contribution in [3.05, 3.63) is 54.4 Å². The highest BCUT2D eigenvalue weighted by Gasteiger charge is 2.28. The summed E-state index contributed by atoms with van der Waals surface area (Å²) in [5.41, 5.74) is 1.81. The molecular weight excluding hydrogens is 344 g/mol. The van der Waals surface area contributed by atoms with Crippen LogP contribution >= 0.6 is 0 Å². The molecule has 0 spiro atoms. The average molecular weight is 368 g/mol. The van der Waals surface area contributed by atoms with E-state index >= 15 is 0 Å². The van der Waals surface area contributed by atoms with Crippen LogP contribution < -0.4 is 15.0 Å². The number of methoxy groups -OCH3 is 1. The first-order chi connectivity index (χ1) is 13.2. The zero-order valence-corrected chi connectivity index (χ0v) is 15.4. The average Bonchev–Trinajstić information content (AvgIpc) is 2.74. The molecule has 1 aromatic heterocycles. The van der Waals surface area contributed by atoms with E-state index in [2.05, 4.69) is 15.2 Å². The summed E-state index contributed by atoms with van der Waals surface area (Å²) in [4.78, 5) is 32.1. The maximum Gasteiger partial charge on any atom is 0.245 e. The largest absolute Gasteiger partial charge is 0.495 e. The lowest BCUT2D eigenvalue weighted by Crippen LogP contribution is -2.54. The minimum absolute atomic E-state index is 0.0765. The van der Waals surface area contributed by atoms with Crippen LogP contribution in [0.25, 0.3) is 0 Å². The molecule has 2 aromatic rings. The first-order valence-electron chi connectivity index (χ1n) is 8.99. The Kier molecular flexibility index (Phi) is 6.25. The van der Waals surface area contributed by atoms with E-state index in [0.717, 1.165) is 17.1 Å². The molecule has 3 rings (SSSR count). The van der Waals surface area contributed by atoms with Gasteiger partial charge in [-0.05, 0) is 24.3 Å². The van der Waals surface area contributed by atoms with Gasteiger partial charge in [0.15, 0.2) is 0 Å². The molecule has 27 heavy (non-hydrogen) atoms. The van der Waals surface area contributed by atoms with Gasteiger partial charge >= 0.3 is 0 Å². The van der Waals surface area contributed by atoms with E-state index in [1.165, 1.54) is 0 Å². The van der Waals surface area contributed by atoms with Crippen molar-refractivity contribution in [1.82, 2.24) is 15.2 Å². The van der Waals surface area contributed by atoms with E-state index in [4.69, 9.17) is 4.74 Å². The van der Waals surface area contributed by atoms with Crippen LogP contribution in [-0.2, 0) is 16.0 Å². The zero-order chi connectivity index (χ0) is 19.1. The molecule has 1 unspecified atom stereocenters. The summed E-state index contributed by atoms with van der Waals surface area (Å²) in [6, 6.07) is 12.8. The Balaban J connectivity index is 1.63. The number of carbonyl (C=O) groups excluding carboxylic acids is 2. The summed E-state index contributed by atoms with van der Waals surface area (Å²) in [5.74, 6) is 0.750. The highest BCUT2D eigenvalue weighted by molar-refractivity contribution is 5.84. The number of hydrogen-bond donors (Lipinski definition) is 1. The third-order valence-electron chi connectivity index (χ3n) is 4.72. The van der Waals surface area contributed by atoms with Crippen molar-refractivity contribution in [2.45, 2.75) is 12.5 Å². The number of ether oxygens (including phenoxy) is 1. The predicted molar refractivity (Wildman–Crippen MR) is 103 cm³/mol. The smallest absolute Gasteiger partial charge is 0.245 e. The van der Waals surface area contributed by atoms with Crippen molar-refractivity contribution < 1.29 is 14.3 Å². The van der Waals surface area contributed by atoms with E-state index < -0.39 is 6.04 Å². The molecule has 2 amide bonds. The van der Waals surface area contributed by atoms with Gasteiger partial charge in [-0.2, -0.15) is 0 Å². The van der Waals surface area contributed by atoms with Crippen molar-refractivity contribution in [3.63, 3.8) is 0 Å². The summed E-state index contributed by atoms with van der Waals surface area (Å²) in [7, 11) is 1.66. The highest BCUT2D eigenvalue weighted by atomic mass is 16.5. The molecule has 0 aliphatic carbocycles. The first kappa shape index (κ1) is 18.7. The number of piperazine rings is 1. The minimum Gasteiger partial charge on any atom is -0.495 e. The van der Waals surface area contributed by atoms with Crippen molar-refractivity contribution >= 4 is 18.0 Å². The van der Waals surface area contributed by atoms with Gasteiger partial charge in [-0.1, -0.05) is 18.2 Å². The monoisotopic (exact) mass is 368 g/mol. The quantitative estimate of drug-likeness (QED) is 0.741. The molecule has 1 fully saturated rings. The fourth-order valence-electron chi connectivity index (χ4n) is 3.31. The maximum absolute atomic E-state index is 12.9. The van der Waals surface area contributed by atoms with Gasteiger partial charge in [0.2, 0.25) is 12.3 Å². The van der Waals surface area contributed by atoms with Crippen LogP contribution in [0.2, 0.25) is 0 Å². The summed E-state index contributed by atoms with van der Waals surface area (Å²) >= 11 is 0. The molecule has 7 heteroatoms. The van der Waals surface area contributed by atoms with Crippen LogP contribution in [0.4, 0.5) is 5.69 Å². The van der Waals surface area contributed by atoms with Crippen LogP contribution in [-0.4, -0.2) is 61.5 Å². The van der Waals surface area contributed by atoms with Gasteiger partial charge in [0.05, 0.1) is 12.8 Å². The number of nitrogens with zero attached hydrogens (tertiary/aromatic N) is 3. The van der Waals surface area contributed by atoms with E-state index in [-0.39, 0.29) is 5.91 Å². The van der Waals surface area contributed by atoms with Gasteiger partial charge in [-0.3, -0.25) is 14.6 Å². The summed E-state index contributed by atoms with van der Waals surface area (Å²) in [6.07, 6.45) is 2.64. The Morgan fingerprint density at radius 3 is 2.59 bits per heavy atom. The Morgan fingerprint density at radius 1 is 1.19 bits per heavy atom. The molecule has 7 nitrogen and oxygen atoms in total. The van der Waals surface area contributed by atoms with Crippen LogP contribution in [0.1, 0.15) is 5.69 Å². The Morgan fingerprint density at radius 2 is 1.93 bits per heavy atom. The summed E-state index contributed by atoms with van der Waals surface area (Å²) < 4.78 is 5.43. The van der Waals surface area contributed by atoms with Crippen molar-refractivity contribution in [2.75, 3.05) is 38.2 Å². The number of hydrogen-bond acceptors (Lipinski definition) is 5. The molecule has 1 N–H and O–H groups in total. The van der Waals surface area contributed by atoms with Crippen LogP contribution in [0.3, 0.4) is 0 Å². The lowest BCUT2D eigenvalue weighted by molar-refractivity contribution is -0.135. The van der Waals surface area contributed by atoms with Crippen LogP contribution in [0.15, 0.2) is 48.7 Å². The topological polar surface area (TPSA) is 74.8 Å². The standard InChI is InChI=1S/C20H24N4O3/c1-27-19-8-3-2-7-18(19)23-10-12-24(13-11-23)20(26)17(22-15-25)14-16-6-4-5-9-21-16/h2-9,15,17H,10-14H2,1H3,(H,22,25). The number of nitrogens with one attached hydrogen (secondary N) is 1. The number of rotatable bonds is 7. The summed E-state index contributed by atoms with van der Waals surface area (Å²) in [5, 5.41) is 2.64. The number of para-hydroxylation sites is 2. The number of aromatic nitrogens is 1. The third kappa shape index (κ3) is 4.55. The number of anilines is 1. The van der Waals surface area contributed by atoms with Gasteiger partial charge in [0.1, 0.15) is 11.8 Å². The van der Waals surface area contributed by atoms with Gasteiger partial charge in [0, 0.05) is 44.5 Å². The van der Waals surface area contributed by atoms with E-state index in [1.54, 1.807) is 18.2 Å². The lowest BCUT2D eigenvalue weighted by atomic mass is 10.1. The lowest BCUT2D eigenvalue weighted by Gasteiger charge is -2.37. The Hall–Kier alpha value is -3.09. The first-order valence-corrected chi connectivity index (χ1v) is 8.99. The fourth-order valence-corrected chi connectivity index (χ4v) is 3.31. The molecule has 142 valence electrons. The number of amides is 2. The normalized spacial score (nSPS) is 15.1. The molecule has 1 aliphatic heterocycles. The molecule has 1 aromatic carbocycles. The van der Waals surface area contributed by atoms with Crippen LogP contribution in [0, 0.1) is 0 Å². The van der Waals surface area contributed by atoms with E-state index in [0.29, 0.717) is 39.0 Å². The SMILES string of the molecule is COc1ccccc1N1CCN(C(=O)C(Cc2ccccn2)NC=O)CC1. The van der Waals surface area contributed by atoms with Crippen molar-refractivity contribution in [3.8, 4) is 5.75 Å². The van der Waals surface area contributed by atoms with Gasteiger partial charge in [-0.25, -0.2) is 0 Å². The van der Waals surface area contributed by atoms with E-state index in [1.807, 2.05) is 42.5 Å². The molecule has 0 bridgehead atoms. The van der Waals surface area contributed by atoms with Gasteiger partial charge in [-0.15, -0.1) is 0 Å². The number of benzene rings is 1. The number of pyridine rings is 1. The van der Waals surface area contributed by atoms with Crippen LogP contribution in [0.5, 0.6) is 5.75 Å². The Bertz CT molecular complexity index is 761. The van der Waals surface area contributed by atoms with Gasteiger partial charge in [0.25, 0.3) is 0 Å². The van der Waals surface area contributed by atoms with Crippen molar-refractivity contribution in [2.24, 2.45) is 0 Å². The molecule has 0 radical (unpaired) electrons. The molecule has 2 heterocycles. The second kappa shape index (κ2) is 9.02. The number of carbonyl (C=O) groups is 2. The fraction of sp³-hybridized carbons (Fsp3) is 0.350. The molecular formula is C20H24N4O3. The van der Waals surface area contributed by atoms with Gasteiger partial charge < -0.3 is 19.9 Å². The van der Waals surface area contributed by atoms with E-state index in [9.17, 15) is 9.59 Å². The second-order valence-corrected chi connectivity index (χ2v) is 6.35. The molecule has 0 saturated carbocycles. The predicted octanol–water partition coefficient (Wildman–Crippen LogP) is 1.10. The minimum atomic E-state index is -0.602. The highest BCUT2D eigenvalue weighted by Crippen LogP contribution is 2.28. The molecule has 1 aliphatic rings.